The topological polar surface area (TPSA) is 101 Å². The van der Waals surface area contributed by atoms with Gasteiger partial charge in [0, 0.05) is 29.9 Å². The molecule has 1 amide bonds. The van der Waals surface area contributed by atoms with Crippen LogP contribution < -0.4 is 15.4 Å². The highest BCUT2D eigenvalue weighted by atomic mass is 35.5. The number of hydrogen-bond acceptors (Lipinski definition) is 6. The Bertz CT molecular complexity index is 965. The van der Waals surface area contributed by atoms with Crippen molar-refractivity contribution in [1.82, 2.24) is 20.5 Å². The minimum atomic E-state index is -1.91. The van der Waals surface area contributed by atoms with Crippen LogP contribution in [-0.4, -0.2) is 40.0 Å². The molecule has 2 saturated carbocycles. The monoisotopic (exact) mass is 405 g/mol. The Hall–Kier alpha value is -2.48. The number of nitrogens with zero attached hydrogens (tertiary/aromatic N) is 2. The van der Waals surface area contributed by atoms with E-state index in [1.54, 1.807) is 12.1 Å². The number of aromatic nitrogens is 3. The van der Waals surface area contributed by atoms with Gasteiger partial charge in [-0.2, -0.15) is 5.10 Å². The molecule has 2 aliphatic heterocycles. The van der Waals surface area contributed by atoms with E-state index in [2.05, 4.69) is 25.8 Å². The number of hydrogen-bond donors (Lipinski definition) is 3. The average molecular weight is 406 g/mol. The summed E-state index contributed by atoms with van der Waals surface area (Å²) in [5.41, 5.74) is 1.46. The number of aromatic amines is 1. The zero-order chi connectivity index (χ0) is 20.9. The molecular formula is C19H22ClN5O3. The first kappa shape index (κ1) is 15.4. The molecule has 4 heterocycles. The van der Waals surface area contributed by atoms with E-state index in [4.69, 9.17) is 23.8 Å². The highest BCUT2D eigenvalue weighted by Crippen LogP contribution is 2.41. The van der Waals surface area contributed by atoms with Crippen molar-refractivity contribution in [1.29, 1.82) is 0 Å². The van der Waals surface area contributed by atoms with E-state index in [0.29, 0.717) is 35.8 Å². The maximum Gasteiger partial charge on any atom is 0.407 e. The van der Waals surface area contributed by atoms with Crippen molar-refractivity contribution in [2.75, 3.05) is 11.9 Å². The molecule has 0 radical (unpaired) electrons. The first-order valence-corrected chi connectivity index (χ1v) is 9.88. The summed E-state index contributed by atoms with van der Waals surface area (Å²) in [4.78, 5) is 16.4. The molecule has 4 aliphatic rings. The number of H-pyrrole nitrogens is 1. The van der Waals surface area contributed by atoms with Gasteiger partial charge in [-0.15, -0.1) is 0 Å². The van der Waals surface area contributed by atoms with E-state index in [0.717, 1.165) is 18.5 Å². The van der Waals surface area contributed by atoms with Gasteiger partial charge >= 0.3 is 6.09 Å². The molecule has 3 N–H and O–H groups in total. The number of amides is 1. The number of ether oxygens (including phenoxy) is 2. The van der Waals surface area contributed by atoms with E-state index in [1.165, 1.54) is 6.20 Å². The third kappa shape index (κ3) is 3.48. The largest absolute Gasteiger partial charge is 0.477 e. The molecule has 2 aromatic rings. The Morgan fingerprint density at radius 3 is 3.07 bits per heavy atom. The van der Waals surface area contributed by atoms with E-state index in [1.807, 2.05) is 0 Å². The second-order valence-corrected chi connectivity index (χ2v) is 7.95. The van der Waals surface area contributed by atoms with E-state index < -0.39 is 12.7 Å². The highest BCUT2D eigenvalue weighted by molar-refractivity contribution is 6.33. The fourth-order valence-electron chi connectivity index (χ4n) is 4.01. The molecule has 2 atom stereocenters. The predicted octanol–water partition coefficient (Wildman–Crippen LogP) is 3.74. The lowest BCUT2D eigenvalue weighted by Gasteiger charge is -2.35. The normalized spacial score (nSPS) is 32.1. The number of fused-ring (bicyclic) bond motifs is 3. The molecule has 28 heavy (non-hydrogen) atoms. The number of rotatable bonds is 0. The van der Waals surface area contributed by atoms with E-state index in [-0.39, 0.29) is 29.9 Å². The van der Waals surface area contributed by atoms with Crippen LogP contribution >= 0.6 is 11.6 Å². The Balaban J connectivity index is 1.44. The third-order valence-corrected chi connectivity index (χ3v) is 5.97. The molecule has 8 bridgehead atoms. The SMILES string of the molecule is [2H]C1([2H])Oc2cc(ccn2)Nc2n[nH]c(c2Cl)[C@H]2CC[C@H](C2)OC(=O)NC2CC1C2. The van der Waals surface area contributed by atoms with Crippen molar-refractivity contribution >= 4 is 29.2 Å². The predicted molar refractivity (Wildman–Crippen MR) is 103 cm³/mol. The summed E-state index contributed by atoms with van der Waals surface area (Å²) >= 11 is 6.55. The molecule has 2 aromatic heterocycles. The molecule has 9 heteroatoms. The van der Waals surface area contributed by atoms with Crippen molar-refractivity contribution in [2.45, 2.75) is 50.2 Å². The van der Waals surface area contributed by atoms with Gasteiger partial charge in [-0.05, 0) is 44.1 Å². The van der Waals surface area contributed by atoms with Crippen LogP contribution in [0, 0.1) is 5.92 Å². The summed E-state index contributed by atoms with van der Waals surface area (Å²) in [6, 6.07) is 3.23. The highest BCUT2D eigenvalue weighted by Gasteiger charge is 2.35. The Kier molecular flexibility index (Phi) is 3.95. The van der Waals surface area contributed by atoms with Gasteiger partial charge in [0.2, 0.25) is 5.88 Å². The summed E-state index contributed by atoms with van der Waals surface area (Å²) < 4.78 is 27.7. The van der Waals surface area contributed by atoms with Gasteiger partial charge in [0.1, 0.15) is 11.1 Å². The van der Waals surface area contributed by atoms with E-state index in [9.17, 15) is 4.79 Å². The second-order valence-electron chi connectivity index (χ2n) is 7.57. The van der Waals surface area contributed by atoms with Crippen LogP contribution in [0.15, 0.2) is 18.3 Å². The van der Waals surface area contributed by atoms with Crippen LogP contribution in [0.25, 0.3) is 0 Å². The minimum Gasteiger partial charge on any atom is -0.477 e. The van der Waals surface area contributed by atoms with Gasteiger partial charge in [-0.25, -0.2) is 9.78 Å². The first-order chi connectivity index (χ1) is 14.4. The third-order valence-electron chi connectivity index (χ3n) is 5.59. The molecule has 0 aromatic carbocycles. The Morgan fingerprint density at radius 1 is 1.29 bits per heavy atom. The standard InChI is InChI=1S/C19H22ClN5O3/c20-16-17-11-1-2-14(7-11)28-19(26)23-13-5-10(6-13)9-27-15-8-12(3-4-21-15)22-18(16)25-24-17/h3-4,8,10-11,13-14H,1-2,5-7,9H2,(H,23,26)(H2,22,24,25)/t10?,11-,13?,14+/m0/s1/i9D2. The number of anilines is 2. The zero-order valence-electron chi connectivity index (χ0n) is 17.1. The fraction of sp³-hybridized carbons (Fsp3) is 0.526. The van der Waals surface area contributed by atoms with Crippen LogP contribution in [0.1, 0.15) is 46.5 Å². The number of carbonyl (C=O) groups excluding carboxylic acids is 1. The molecule has 2 fully saturated rings. The lowest BCUT2D eigenvalue weighted by atomic mass is 9.81. The van der Waals surface area contributed by atoms with Crippen LogP contribution in [0.5, 0.6) is 5.88 Å². The van der Waals surface area contributed by atoms with Crippen molar-refractivity contribution in [3.8, 4) is 5.88 Å². The fourth-order valence-corrected chi connectivity index (χ4v) is 4.30. The Labute approximate surface area is 170 Å². The van der Waals surface area contributed by atoms with Crippen LogP contribution in [0.2, 0.25) is 5.02 Å². The quantitative estimate of drug-likeness (QED) is 0.617. The van der Waals surface area contributed by atoms with Crippen molar-refractivity contribution in [3.63, 3.8) is 0 Å². The van der Waals surface area contributed by atoms with Gasteiger partial charge < -0.3 is 20.1 Å². The average Bonchev–Trinajstić information content (AvgIpc) is 3.24. The molecule has 0 spiro atoms. The summed E-state index contributed by atoms with van der Waals surface area (Å²) in [6.07, 6.45) is 4.14. The maximum absolute atomic E-state index is 12.2. The zero-order valence-corrected chi connectivity index (χ0v) is 15.8. The van der Waals surface area contributed by atoms with Crippen molar-refractivity contribution < 1.29 is 17.0 Å². The van der Waals surface area contributed by atoms with Gasteiger partial charge in [-0.3, -0.25) is 5.10 Å². The molecule has 0 unspecified atom stereocenters. The molecule has 0 saturated heterocycles. The van der Waals surface area contributed by atoms with Crippen LogP contribution in [0.3, 0.4) is 0 Å². The number of nitrogens with one attached hydrogen (secondary N) is 3. The smallest absolute Gasteiger partial charge is 0.407 e. The number of halogens is 1. The lowest BCUT2D eigenvalue weighted by Crippen LogP contribution is -2.46. The van der Waals surface area contributed by atoms with Crippen LogP contribution in [-0.2, 0) is 4.74 Å². The number of carbonyl (C=O) groups is 1. The summed E-state index contributed by atoms with van der Waals surface area (Å²) in [5, 5.41) is 13.7. The Morgan fingerprint density at radius 2 is 2.18 bits per heavy atom. The van der Waals surface area contributed by atoms with Crippen molar-refractivity contribution in [2.24, 2.45) is 5.92 Å². The number of alkyl carbamates (subject to hydrolysis) is 1. The van der Waals surface area contributed by atoms with Crippen LogP contribution in [0.4, 0.5) is 16.3 Å². The summed E-state index contributed by atoms with van der Waals surface area (Å²) in [5.74, 6) is 0.414. The summed E-state index contributed by atoms with van der Waals surface area (Å²) in [6.45, 7) is -1.91. The first-order valence-electron chi connectivity index (χ1n) is 10.5. The van der Waals surface area contributed by atoms with Gasteiger partial charge in [0.25, 0.3) is 0 Å². The lowest BCUT2D eigenvalue weighted by molar-refractivity contribution is 0.0813. The molecular weight excluding hydrogens is 382 g/mol. The van der Waals surface area contributed by atoms with E-state index >= 15 is 0 Å². The van der Waals surface area contributed by atoms with Gasteiger partial charge in [0.05, 0.1) is 15.0 Å². The number of pyridine rings is 1. The van der Waals surface area contributed by atoms with Crippen molar-refractivity contribution in [3.05, 3.63) is 29.0 Å². The minimum absolute atomic E-state index is 0.122. The second kappa shape index (κ2) is 7.16. The molecule has 6 rings (SSSR count). The summed E-state index contributed by atoms with van der Waals surface area (Å²) in [7, 11) is 0. The molecule has 2 aliphatic carbocycles. The van der Waals surface area contributed by atoms with Gasteiger partial charge in [-0.1, -0.05) is 11.6 Å². The van der Waals surface area contributed by atoms with Gasteiger partial charge in [0.15, 0.2) is 5.82 Å². The molecule has 148 valence electrons. The maximum atomic E-state index is 12.2. The molecule has 8 nitrogen and oxygen atoms in total.